The SMILES string of the molecule is CC(C)(C)c1cc(C(c2cc(C(C)(C)C)c(O)c(C(C)(C)C)c2)C(C(=O)OCC(CO)(CO)CO)(c2cc(C(C)(C)C)c(O)c(C(C)(C)C)c2)c2cc(C(C)(C)C)c(O)c(C(C)(C)C)c2)cc(C(C)(C)C)c1O.Cc1ccccc1O. The van der Waals surface area contributed by atoms with Gasteiger partial charge in [0.1, 0.15) is 40.8 Å². The third-order valence-electron chi connectivity index (χ3n) is 15.9. The highest BCUT2D eigenvalue weighted by Gasteiger charge is 2.55. The molecule has 0 bridgehead atoms. The number of rotatable bonds is 11. The second-order valence-corrected chi connectivity index (χ2v) is 31.3. The number of aliphatic hydroxyl groups excluding tert-OH is 3. The van der Waals surface area contributed by atoms with Gasteiger partial charge in [0, 0.05) is 5.92 Å². The zero-order valence-electron chi connectivity index (χ0n) is 54.2. The number of carbonyl (C=O) groups excluding carboxylic acids is 1. The number of hydrogen-bond donors (Lipinski definition) is 8. The molecule has 0 fully saturated rings. The molecule has 0 radical (unpaired) electrons. The van der Waals surface area contributed by atoms with Crippen LogP contribution in [-0.2, 0) is 58.3 Å². The Labute approximate surface area is 487 Å². The molecule has 0 aliphatic heterocycles. The minimum absolute atomic E-state index is 0.0863. The molecule has 0 aliphatic rings. The maximum atomic E-state index is 17.2. The van der Waals surface area contributed by atoms with E-state index in [-0.39, 0.29) is 23.0 Å². The molecule has 10 nitrogen and oxygen atoms in total. The monoisotopic (exact) mass is 1120 g/mol. The number of ether oxygens (including phenoxy) is 1. The fourth-order valence-corrected chi connectivity index (χ4v) is 10.7. The van der Waals surface area contributed by atoms with Crippen molar-refractivity contribution in [1.29, 1.82) is 0 Å². The highest BCUT2D eigenvalue weighted by atomic mass is 16.5. The summed E-state index contributed by atoms with van der Waals surface area (Å²) in [7, 11) is 0. The molecule has 0 heterocycles. The van der Waals surface area contributed by atoms with Crippen LogP contribution in [0.3, 0.4) is 0 Å². The zero-order valence-corrected chi connectivity index (χ0v) is 54.2. The van der Waals surface area contributed by atoms with Crippen molar-refractivity contribution >= 4 is 5.97 Å². The van der Waals surface area contributed by atoms with Crippen LogP contribution < -0.4 is 0 Å². The molecule has 0 saturated heterocycles. The standard InChI is InChI=1S/C64H96O9.C7H8O/c1-55(2,3)41-25-37(26-42(50(41)68)56(4,5)6)49(38-27-43(57(7,8)9)51(69)44(28-38)58(10,11)12)64(54(72)73-36-63(33-65,34-66)35-67,39-29-45(59(13,14)15)52(70)46(30-39)60(16,17)18)40-31-47(61(19,20)21)53(71)48(32-40)62(22,23)24;1-6-4-2-3-5-7(6)8/h25-32,49,65-71H,33-36H2,1-24H3;2-5,8H,1H3. The van der Waals surface area contributed by atoms with Gasteiger partial charge in [-0.15, -0.1) is 0 Å². The van der Waals surface area contributed by atoms with Crippen LogP contribution in [0.2, 0.25) is 0 Å². The van der Waals surface area contributed by atoms with Gasteiger partial charge in [0.2, 0.25) is 0 Å². The highest BCUT2D eigenvalue weighted by Crippen LogP contribution is 2.57. The van der Waals surface area contributed by atoms with Crippen LogP contribution in [0.1, 0.15) is 244 Å². The van der Waals surface area contributed by atoms with E-state index in [0.29, 0.717) is 72.5 Å². The molecule has 448 valence electrons. The second-order valence-electron chi connectivity index (χ2n) is 31.3. The minimum Gasteiger partial charge on any atom is -0.508 e. The summed E-state index contributed by atoms with van der Waals surface area (Å²) in [5.74, 6) is -1.09. The second kappa shape index (κ2) is 23.2. The number of hydrogen-bond acceptors (Lipinski definition) is 10. The third kappa shape index (κ3) is 14.5. The van der Waals surface area contributed by atoms with Crippen molar-refractivity contribution in [2.75, 3.05) is 26.4 Å². The van der Waals surface area contributed by atoms with Crippen LogP contribution in [0, 0.1) is 12.3 Å². The normalized spacial score (nSPS) is 13.5. The van der Waals surface area contributed by atoms with Crippen LogP contribution in [0.5, 0.6) is 28.7 Å². The summed E-state index contributed by atoms with van der Waals surface area (Å²) in [4.78, 5) is 17.2. The van der Waals surface area contributed by atoms with Crippen LogP contribution in [-0.4, -0.2) is 73.2 Å². The summed E-state index contributed by atoms with van der Waals surface area (Å²) < 4.78 is 6.74. The molecular formula is C71H104O10. The molecule has 0 unspecified atom stereocenters. The Hall–Kier alpha value is -5.55. The van der Waals surface area contributed by atoms with Crippen molar-refractivity contribution in [1.82, 2.24) is 0 Å². The van der Waals surface area contributed by atoms with Crippen molar-refractivity contribution in [2.45, 2.75) is 228 Å². The van der Waals surface area contributed by atoms with Gasteiger partial charge in [-0.25, -0.2) is 0 Å². The zero-order chi connectivity index (χ0) is 62.6. The molecule has 0 aliphatic carbocycles. The highest BCUT2D eigenvalue weighted by molar-refractivity contribution is 5.91. The molecule has 0 amide bonds. The van der Waals surface area contributed by atoms with E-state index in [1.165, 1.54) is 0 Å². The summed E-state index contributed by atoms with van der Waals surface area (Å²) in [6, 6.07) is 22.8. The largest absolute Gasteiger partial charge is 0.508 e. The predicted octanol–water partition coefficient (Wildman–Crippen LogP) is 15.2. The number of para-hydroxylation sites is 1. The lowest BCUT2D eigenvalue weighted by atomic mass is 9.58. The Morgan fingerprint density at radius 3 is 0.827 bits per heavy atom. The van der Waals surface area contributed by atoms with E-state index in [0.717, 1.165) is 5.56 Å². The smallest absolute Gasteiger partial charge is 0.322 e. The number of phenolic OH excluding ortho intramolecular Hbond substituents is 5. The number of aromatic hydroxyl groups is 5. The summed E-state index contributed by atoms with van der Waals surface area (Å²) >= 11 is 0. The first-order chi connectivity index (χ1) is 36.5. The van der Waals surface area contributed by atoms with Gasteiger partial charge in [0.25, 0.3) is 0 Å². The number of phenols is 5. The number of benzene rings is 5. The third-order valence-corrected chi connectivity index (χ3v) is 15.9. The van der Waals surface area contributed by atoms with Crippen molar-refractivity contribution < 1.29 is 50.4 Å². The fraction of sp³-hybridized carbons (Fsp3) is 0.563. The Morgan fingerprint density at radius 2 is 0.630 bits per heavy atom. The van der Waals surface area contributed by atoms with Gasteiger partial charge in [-0.2, -0.15) is 0 Å². The molecule has 10 heteroatoms. The van der Waals surface area contributed by atoms with Crippen molar-refractivity contribution in [3.05, 3.63) is 145 Å². The van der Waals surface area contributed by atoms with Gasteiger partial charge in [-0.3, -0.25) is 4.79 Å². The first-order valence-corrected chi connectivity index (χ1v) is 28.7. The quantitative estimate of drug-likeness (QED) is 0.0591. The molecule has 5 aromatic carbocycles. The number of aryl methyl sites for hydroxylation is 1. The molecule has 0 atom stereocenters. The first kappa shape index (κ1) is 68.0. The van der Waals surface area contributed by atoms with E-state index < -0.39 is 92.5 Å². The van der Waals surface area contributed by atoms with E-state index >= 15 is 4.79 Å². The average molecular weight is 1120 g/mol. The Balaban J connectivity index is 0.00000161. The summed E-state index contributed by atoms with van der Waals surface area (Å²) in [5, 5.41) is 91.5. The van der Waals surface area contributed by atoms with Crippen LogP contribution in [0.25, 0.3) is 0 Å². The molecule has 0 spiro atoms. The van der Waals surface area contributed by atoms with Gasteiger partial charge >= 0.3 is 5.97 Å². The number of aliphatic hydroxyl groups is 3. The van der Waals surface area contributed by atoms with Gasteiger partial charge < -0.3 is 45.6 Å². The average Bonchev–Trinajstić information content (AvgIpc) is 3.46. The lowest BCUT2D eigenvalue weighted by molar-refractivity contribution is -0.157. The number of carbonyl (C=O) groups is 1. The Bertz CT molecular complexity index is 2710. The summed E-state index contributed by atoms with van der Waals surface area (Å²) in [6.07, 6.45) is 0. The molecule has 5 aromatic rings. The van der Waals surface area contributed by atoms with Crippen molar-refractivity contribution in [3.8, 4) is 28.7 Å². The Morgan fingerprint density at radius 1 is 0.395 bits per heavy atom. The van der Waals surface area contributed by atoms with E-state index in [9.17, 15) is 35.7 Å². The van der Waals surface area contributed by atoms with Crippen LogP contribution >= 0.6 is 0 Å². The lowest BCUT2D eigenvalue weighted by Gasteiger charge is -2.45. The topological polar surface area (TPSA) is 188 Å². The molecule has 5 rings (SSSR count). The van der Waals surface area contributed by atoms with E-state index in [2.05, 4.69) is 0 Å². The fourth-order valence-electron chi connectivity index (χ4n) is 10.7. The summed E-state index contributed by atoms with van der Waals surface area (Å²) in [5.41, 5.74) is -1.03. The van der Waals surface area contributed by atoms with Gasteiger partial charge in [-0.1, -0.05) is 233 Å². The van der Waals surface area contributed by atoms with Crippen molar-refractivity contribution in [2.24, 2.45) is 5.41 Å². The van der Waals surface area contributed by atoms with Gasteiger partial charge in [0.15, 0.2) is 0 Å². The Kier molecular flexibility index (Phi) is 19.5. The molecule has 0 aromatic heterocycles. The predicted molar refractivity (Wildman–Crippen MR) is 332 cm³/mol. The lowest BCUT2D eigenvalue weighted by Crippen LogP contribution is -2.48. The van der Waals surface area contributed by atoms with Gasteiger partial charge in [0.05, 0.1) is 25.2 Å². The maximum Gasteiger partial charge on any atom is 0.322 e. The van der Waals surface area contributed by atoms with E-state index in [1.807, 2.05) is 240 Å². The molecule has 0 saturated carbocycles. The molecule has 8 N–H and O–H groups in total. The maximum absolute atomic E-state index is 17.2. The van der Waals surface area contributed by atoms with Crippen LogP contribution in [0.4, 0.5) is 0 Å². The molecule has 81 heavy (non-hydrogen) atoms. The van der Waals surface area contributed by atoms with Crippen LogP contribution in [0.15, 0.2) is 72.8 Å². The van der Waals surface area contributed by atoms with Crippen molar-refractivity contribution in [3.63, 3.8) is 0 Å². The van der Waals surface area contributed by atoms with Gasteiger partial charge in [-0.05, 0) is 129 Å². The van der Waals surface area contributed by atoms with E-state index in [1.54, 1.807) is 6.07 Å². The summed E-state index contributed by atoms with van der Waals surface area (Å²) in [6.45, 7) is 47.9. The minimum atomic E-state index is -2.03. The first-order valence-electron chi connectivity index (χ1n) is 28.7. The molecular weight excluding hydrogens is 1010 g/mol. The van der Waals surface area contributed by atoms with E-state index in [4.69, 9.17) is 9.84 Å². The number of esters is 1.